The molecule has 13 heavy (non-hydrogen) atoms. The summed E-state index contributed by atoms with van der Waals surface area (Å²) < 4.78 is 4.49. The molecular weight excluding hydrogens is 186 g/mol. The van der Waals surface area contributed by atoms with Crippen molar-refractivity contribution in [2.45, 2.75) is 6.42 Å². The summed E-state index contributed by atoms with van der Waals surface area (Å²) in [6.45, 7) is 0. The lowest BCUT2D eigenvalue weighted by Crippen LogP contribution is -2.16. The summed E-state index contributed by atoms with van der Waals surface area (Å²) in [6, 6.07) is 3.82. The van der Waals surface area contributed by atoms with Crippen LogP contribution >= 0.6 is 11.3 Å². The van der Waals surface area contributed by atoms with Gasteiger partial charge in [-0.1, -0.05) is 0 Å². The lowest BCUT2D eigenvalue weighted by molar-refractivity contribution is -0.143. The van der Waals surface area contributed by atoms with Crippen LogP contribution in [0.3, 0.4) is 0 Å². The first-order valence-electron chi connectivity index (χ1n) is 3.76. The number of hydrogen-bond donors (Lipinski definition) is 0. The molecule has 0 saturated heterocycles. The van der Waals surface area contributed by atoms with Gasteiger partial charge in [-0.2, -0.15) is 16.6 Å². The molecule has 0 aliphatic rings. The second-order valence-electron chi connectivity index (χ2n) is 2.54. The van der Waals surface area contributed by atoms with E-state index in [1.807, 2.05) is 22.9 Å². The minimum absolute atomic E-state index is 0.437. The van der Waals surface area contributed by atoms with Gasteiger partial charge >= 0.3 is 5.97 Å². The Labute approximate surface area is 80.6 Å². The van der Waals surface area contributed by atoms with Crippen LogP contribution in [-0.2, 0) is 16.0 Å². The van der Waals surface area contributed by atoms with Gasteiger partial charge in [0.15, 0.2) is 0 Å². The summed E-state index contributed by atoms with van der Waals surface area (Å²) in [5.74, 6) is -1.15. The topological polar surface area (TPSA) is 50.1 Å². The highest BCUT2D eigenvalue weighted by Crippen LogP contribution is 2.12. The van der Waals surface area contributed by atoms with Gasteiger partial charge in [0.25, 0.3) is 0 Å². The van der Waals surface area contributed by atoms with Crippen molar-refractivity contribution in [2.75, 3.05) is 7.11 Å². The molecular formula is C9H9NO2S. The summed E-state index contributed by atoms with van der Waals surface area (Å²) in [5.41, 5.74) is 1.00. The van der Waals surface area contributed by atoms with Crippen molar-refractivity contribution in [3.63, 3.8) is 0 Å². The number of methoxy groups -OCH3 is 1. The number of esters is 1. The quantitative estimate of drug-likeness (QED) is 0.688. The highest BCUT2D eigenvalue weighted by molar-refractivity contribution is 7.07. The van der Waals surface area contributed by atoms with Crippen LogP contribution in [0.5, 0.6) is 0 Å². The van der Waals surface area contributed by atoms with E-state index in [2.05, 4.69) is 4.74 Å². The number of carbonyl (C=O) groups excluding carboxylic acids is 1. The number of carbonyl (C=O) groups is 1. The van der Waals surface area contributed by atoms with Gasteiger partial charge in [0.1, 0.15) is 5.92 Å². The van der Waals surface area contributed by atoms with Crippen molar-refractivity contribution in [2.24, 2.45) is 5.92 Å². The van der Waals surface area contributed by atoms with Crippen LogP contribution in [0.4, 0.5) is 0 Å². The highest BCUT2D eigenvalue weighted by Gasteiger charge is 2.18. The molecule has 1 aromatic rings. The van der Waals surface area contributed by atoms with Gasteiger partial charge in [0, 0.05) is 0 Å². The van der Waals surface area contributed by atoms with E-state index < -0.39 is 11.9 Å². The molecule has 0 bridgehead atoms. The van der Waals surface area contributed by atoms with Crippen molar-refractivity contribution >= 4 is 17.3 Å². The van der Waals surface area contributed by atoms with Gasteiger partial charge in [-0.25, -0.2) is 0 Å². The average Bonchev–Trinajstić information content (AvgIpc) is 2.65. The van der Waals surface area contributed by atoms with E-state index >= 15 is 0 Å². The summed E-state index contributed by atoms with van der Waals surface area (Å²) >= 11 is 1.55. The predicted octanol–water partition coefficient (Wildman–Crippen LogP) is 1.60. The van der Waals surface area contributed by atoms with E-state index in [0.717, 1.165) is 5.56 Å². The molecule has 1 atom stereocenters. The Hall–Kier alpha value is -1.34. The zero-order valence-electron chi connectivity index (χ0n) is 7.19. The van der Waals surface area contributed by atoms with Crippen molar-refractivity contribution in [1.82, 2.24) is 0 Å². The van der Waals surface area contributed by atoms with E-state index in [0.29, 0.717) is 6.42 Å². The molecule has 1 heterocycles. The summed E-state index contributed by atoms with van der Waals surface area (Å²) in [6.07, 6.45) is 0.437. The number of nitrogens with zero attached hydrogens (tertiary/aromatic N) is 1. The molecule has 1 unspecified atom stereocenters. The molecule has 0 aliphatic carbocycles. The lowest BCUT2D eigenvalue weighted by Gasteiger charge is -2.04. The van der Waals surface area contributed by atoms with Gasteiger partial charge in [0.05, 0.1) is 13.2 Å². The lowest BCUT2D eigenvalue weighted by atomic mass is 10.0. The molecule has 3 nitrogen and oxygen atoms in total. The number of thiophene rings is 1. The highest BCUT2D eigenvalue weighted by atomic mass is 32.1. The first-order valence-corrected chi connectivity index (χ1v) is 4.70. The van der Waals surface area contributed by atoms with Crippen molar-refractivity contribution in [3.8, 4) is 6.07 Å². The predicted molar refractivity (Wildman–Crippen MR) is 49.1 cm³/mol. The Morgan fingerprint density at radius 2 is 2.62 bits per heavy atom. The normalized spacial score (nSPS) is 11.7. The summed E-state index contributed by atoms with van der Waals surface area (Å²) in [4.78, 5) is 11.0. The molecule has 0 fully saturated rings. The third-order valence-corrected chi connectivity index (χ3v) is 2.39. The van der Waals surface area contributed by atoms with Gasteiger partial charge in [-0.05, 0) is 28.8 Å². The Morgan fingerprint density at radius 1 is 1.85 bits per heavy atom. The average molecular weight is 195 g/mol. The van der Waals surface area contributed by atoms with Gasteiger partial charge in [-0.15, -0.1) is 0 Å². The van der Waals surface area contributed by atoms with E-state index in [1.165, 1.54) is 7.11 Å². The third kappa shape index (κ3) is 2.56. The van der Waals surface area contributed by atoms with Crippen LogP contribution in [0, 0.1) is 17.2 Å². The first-order chi connectivity index (χ1) is 6.27. The summed E-state index contributed by atoms with van der Waals surface area (Å²) in [7, 11) is 1.29. The molecule has 1 aromatic heterocycles. The van der Waals surface area contributed by atoms with Crippen LogP contribution in [0.25, 0.3) is 0 Å². The van der Waals surface area contributed by atoms with Crippen LogP contribution < -0.4 is 0 Å². The van der Waals surface area contributed by atoms with Crippen LogP contribution in [0.15, 0.2) is 16.8 Å². The van der Waals surface area contributed by atoms with Crippen molar-refractivity contribution < 1.29 is 9.53 Å². The van der Waals surface area contributed by atoms with E-state index in [9.17, 15) is 4.79 Å². The summed E-state index contributed by atoms with van der Waals surface area (Å²) in [5, 5.41) is 12.5. The minimum atomic E-state index is -0.681. The second kappa shape index (κ2) is 4.63. The molecule has 0 amide bonds. The van der Waals surface area contributed by atoms with Gasteiger partial charge < -0.3 is 4.74 Å². The SMILES string of the molecule is COC(=O)C(C#N)Cc1ccsc1. The molecule has 1 rings (SSSR count). The molecule has 0 saturated carbocycles. The molecule has 0 aliphatic heterocycles. The Kier molecular flexibility index (Phi) is 3.47. The first kappa shape index (κ1) is 9.75. The monoisotopic (exact) mass is 195 g/mol. The number of ether oxygens (including phenoxy) is 1. The molecule has 68 valence electrons. The minimum Gasteiger partial charge on any atom is -0.468 e. The van der Waals surface area contributed by atoms with E-state index in [1.54, 1.807) is 11.3 Å². The van der Waals surface area contributed by atoms with Crippen molar-refractivity contribution in [3.05, 3.63) is 22.4 Å². The van der Waals surface area contributed by atoms with Crippen LogP contribution in [0.1, 0.15) is 5.56 Å². The van der Waals surface area contributed by atoms with Gasteiger partial charge in [0.2, 0.25) is 0 Å². The van der Waals surface area contributed by atoms with Crippen LogP contribution in [0.2, 0.25) is 0 Å². The largest absolute Gasteiger partial charge is 0.468 e. The smallest absolute Gasteiger partial charge is 0.323 e. The molecule has 0 aromatic carbocycles. The number of hydrogen-bond acceptors (Lipinski definition) is 4. The maximum absolute atomic E-state index is 11.0. The zero-order chi connectivity index (χ0) is 9.68. The fourth-order valence-electron chi connectivity index (χ4n) is 0.968. The standard InChI is InChI=1S/C9H9NO2S/c1-12-9(11)8(5-10)4-7-2-3-13-6-7/h2-3,6,8H,4H2,1H3. The van der Waals surface area contributed by atoms with E-state index in [-0.39, 0.29) is 0 Å². The Bertz CT molecular complexity index is 313. The number of nitriles is 1. The maximum Gasteiger partial charge on any atom is 0.323 e. The maximum atomic E-state index is 11.0. The fraction of sp³-hybridized carbons (Fsp3) is 0.333. The molecule has 0 radical (unpaired) electrons. The Morgan fingerprint density at radius 3 is 3.08 bits per heavy atom. The van der Waals surface area contributed by atoms with Crippen molar-refractivity contribution in [1.29, 1.82) is 5.26 Å². The molecule has 4 heteroatoms. The molecule has 0 spiro atoms. The number of rotatable bonds is 3. The second-order valence-corrected chi connectivity index (χ2v) is 3.32. The third-order valence-electron chi connectivity index (χ3n) is 1.66. The fourth-order valence-corrected chi connectivity index (χ4v) is 1.65. The molecule has 0 N–H and O–H groups in total. The van der Waals surface area contributed by atoms with E-state index in [4.69, 9.17) is 5.26 Å². The Balaban J connectivity index is 2.61. The van der Waals surface area contributed by atoms with Gasteiger partial charge in [-0.3, -0.25) is 4.79 Å². The zero-order valence-corrected chi connectivity index (χ0v) is 8.00. The van der Waals surface area contributed by atoms with Crippen LogP contribution in [-0.4, -0.2) is 13.1 Å².